The summed E-state index contributed by atoms with van der Waals surface area (Å²) in [6.45, 7) is 4.21. The minimum Gasteiger partial charge on any atom is -0.444 e. The third-order valence-corrected chi connectivity index (χ3v) is 5.46. The van der Waals surface area contributed by atoms with E-state index < -0.39 is 5.72 Å². The molecule has 2 atom stereocenters. The molecule has 2 unspecified atom stereocenters. The van der Waals surface area contributed by atoms with Crippen molar-refractivity contribution in [2.75, 3.05) is 0 Å². The monoisotopic (exact) mass is 371 g/mol. The summed E-state index contributed by atoms with van der Waals surface area (Å²) >= 11 is 0. The third kappa shape index (κ3) is 3.58. The van der Waals surface area contributed by atoms with Crippen LogP contribution in [0.3, 0.4) is 0 Å². The molecule has 0 fully saturated rings. The highest BCUT2D eigenvalue weighted by Crippen LogP contribution is 2.43. The van der Waals surface area contributed by atoms with Crippen LogP contribution in [0.25, 0.3) is 0 Å². The molecule has 142 valence electrons. The second kappa shape index (κ2) is 7.61. The number of rotatable bonds is 4. The minimum atomic E-state index is -0.726. The Balaban J connectivity index is 1.87. The van der Waals surface area contributed by atoms with Crippen LogP contribution >= 0.6 is 0 Å². The number of hydrogen-bond donors (Lipinski definition) is 0. The maximum atomic E-state index is 12.0. The van der Waals surface area contributed by atoms with Crippen molar-refractivity contribution in [1.29, 1.82) is 0 Å². The molecule has 0 spiro atoms. The molecule has 1 heterocycles. The van der Waals surface area contributed by atoms with E-state index in [4.69, 9.17) is 4.74 Å². The molecule has 0 bridgehead atoms. The summed E-state index contributed by atoms with van der Waals surface area (Å²) in [6.07, 6.45) is 0.666. The number of nitrogens with zero attached hydrogens (tertiary/aromatic N) is 1. The molecule has 3 aromatic carbocycles. The molecule has 1 aliphatic rings. The Bertz CT molecular complexity index is 955. The van der Waals surface area contributed by atoms with Gasteiger partial charge in [0.15, 0.2) is 5.72 Å². The summed E-state index contributed by atoms with van der Waals surface area (Å²) in [5.41, 5.74) is 4.17. The fourth-order valence-corrected chi connectivity index (χ4v) is 4.30. The first-order valence-corrected chi connectivity index (χ1v) is 9.70. The number of hydrogen-bond acceptors (Lipinski definition) is 3. The first kappa shape index (κ1) is 18.5. The molecule has 3 heteroatoms. The summed E-state index contributed by atoms with van der Waals surface area (Å²) in [7, 11) is 0. The molecule has 0 amide bonds. The summed E-state index contributed by atoms with van der Waals surface area (Å²) in [5.74, 6) is -0.258. The van der Waals surface area contributed by atoms with Gasteiger partial charge in [0.25, 0.3) is 0 Å². The first-order valence-electron chi connectivity index (χ1n) is 9.70. The highest BCUT2D eigenvalue weighted by molar-refractivity contribution is 5.66. The molecule has 1 aliphatic heterocycles. The maximum Gasteiger partial charge on any atom is 0.304 e. The molecule has 0 saturated heterocycles. The van der Waals surface area contributed by atoms with Gasteiger partial charge in [-0.1, -0.05) is 84.9 Å². The van der Waals surface area contributed by atoms with Crippen molar-refractivity contribution < 1.29 is 9.53 Å². The Hall–Kier alpha value is -2.91. The SMILES string of the molecule is CC(=O)OC1(C)Cc2ccccc2C(c2ccccc2)N1Cc1ccccc1. The van der Waals surface area contributed by atoms with E-state index in [1.165, 1.54) is 29.2 Å². The van der Waals surface area contributed by atoms with Crippen LogP contribution in [0, 0.1) is 0 Å². The van der Waals surface area contributed by atoms with Gasteiger partial charge in [0.05, 0.1) is 6.04 Å². The van der Waals surface area contributed by atoms with Gasteiger partial charge in [0.1, 0.15) is 0 Å². The average Bonchev–Trinajstić information content (AvgIpc) is 2.69. The predicted octanol–water partition coefficient (Wildman–Crippen LogP) is 5.11. The van der Waals surface area contributed by atoms with E-state index in [9.17, 15) is 4.79 Å². The van der Waals surface area contributed by atoms with Crippen molar-refractivity contribution >= 4 is 5.97 Å². The van der Waals surface area contributed by atoms with Gasteiger partial charge >= 0.3 is 5.97 Å². The summed E-state index contributed by atoms with van der Waals surface area (Å²) in [6, 6.07) is 29.3. The van der Waals surface area contributed by atoms with Crippen molar-refractivity contribution in [3.8, 4) is 0 Å². The van der Waals surface area contributed by atoms with Crippen LogP contribution in [0.5, 0.6) is 0 Å². The van der Waals surface area contributed by atoms with Crippen LogP contribution in [-0.4, -0.2) is 16.6 Å². The van der Waals surface area contributed by atoms with Gasteiger partial charge in [0.2, 0.25) is 0 Å². The standard InChI is InChI=1S/C25H25NO2/c1-19(27)28-25(2)17-22-15-9-10-16-23(22)24(21-13-7-4-8-14-21)26(25)18-20-11-5-3-6-12-20/h3-16,24H,17-18H2,1-2H3. The lowest BCUT2D eigenvalue weighted by molar-refractivity contribution is -0.187. The Morgan fingerprint density at radius 2 is 1.57 bits per heavy atom. The smallest absolute Gasteiger partial charge is 0.304 e. The van der Waals surface area contributed by atoms with Crippen molar-refractivity contribution in [2.45, 2.75) is 38.6 Å². The lowest BCUT2D eigenvalue weighted by Crippen LogP contribution is -2.55. The predicted molar refractivity (Wildman–Crippen MR) is 111 cm³/mol. The lowest BCUT2D eigenvalue weighted by atomic mass is 9.83. The molecule has 0 saturated carbocycles. The first-order chi connectivity index (χ1) is 13.6. The van der Waals surface area contributed by atoms with Crippen LogP contribution in [0.1, 0.15) is 42.1 Å². The Kier molecular flexibility index (Phi) is 5.01. The molecular weight excluding hydrogens is 346 g/mol. The normalized spacial score (nSPS) is 21.7. The average molecular weight is 371 g/mol. The van der Waals surface area contributed by atoms with E-state index in [0.717, 1.165) is 0 Å². The van der Waals surface area contributed by atoms with Crippen LogP contribution in [0.2, 0.25) is 0 Å². The number of esters is 1. The van der Waals surface area contributed by atoms with Gasteiger partial charge in [-0.3, -0.25) is 9.69 Å². The van der Waals surface area contributed by atoms with Crippen LogP contribution in [0.4, 0.5) is 0 Å². The molecule has 0 aromatic heterocycles. The molecule has 0 aliphatic carbocycles. The molecule has 3 nitrogen and oxygen atoms in total. The molecule has 0 radical (unpaired) electrons. The van der Waals surface area contributed by atoms with Crippen molar-refractivity contribution in [1.82, 2.24) is 4.90 Å². The van der Waals surface area contributed by atoms with Crippen LogP contribution < -0.4 is 0 Å². The van der Waals surface area contributed by atoms with Crippen molar-refractivity contribution in [3.63, 3.8) is 0 Å². The van der Waals surface area contributed by atoms with E-state index in [0.29, 0.717) is 13.0 Å². The van der Waals surface area contributed by atoms with E-state index in [1.54, 1.807) is 0 Å². The molecule has 3 aromatic rings. The largest absolute Gasteiger partial charge is 0.444 e. The van der Waals surface area contributed by atoms with E-state index in [1.807, 2.05) is 31.2 Å². The Labute approximate surface area is 166 Å². The Morgan fingerprint density at radius 3 is 2.25 bits per heavy atom. The highest BCUT2D eigenvalue weighted by atomic mass is 16.6. The fraction of sp³-hybridized carbons (Fsp3) is 0.240. The van der Waals surface area contributed by atoms with Crippen molar-refractivity contribution in [2.24, 2.45) is 0 Å². The second-order valence-corrected chi connectivity index (χ2v) is 7.57. The minimum absolute atomic E-state index is 0.00991. The molecular formula is C25H25NO2. The number of carbonyl (C=O) groups is 1. The zero-order valence-corrected chi connectivity index (χ0v) is 16.3. The Morgan fingerprint density at radius 1 is 0.964 bits per heavy atom. The molecule has 4 rings (SSSR count). The van der Waals surface area contributed by atoms with Gasteiger partial charge in [-0.15, -0.1) is 0 Å². The van der Waals surface area contributed by atoms with E-state index in [2.05, 4.69) is 65.6 Å². The van der Waals surface area contributed by atoms with Gasteiger partial charge in [-0.25, -0.2) is 0 Å². The maximum absolute atomic E-state index is 12.0. The summed E-state index contributed by atoms with van der Waals surface area (Å²) in [4.78, 5) is 14.3. The van der Waals surface area contributed by atoms with Gasteiger partial charge in [-0.05, 0) is 29.2 Å². The molecule has 0 N–H and O–H groups in total. The fourth-order valence-electron chi connectivity index (χ4n) is 4.30. The number of benzene rings is 3. The zero-order valence-electron chi connectivity index (χ0n) is 16.3. The zero-order chi connectivity index (χ0) is 19.6. The van der Waals surface area contributed by atoms with Gasteiger partial charge < -0.3 is 4.74 Å². The van der Waals surface area contributed by atoms with Crippen molar-refractivity contribution in [3.05, 3.63) is 107 Å². The summed E-state index contributed by atoms with van der Waals surface area (Å²) < 4.78 is 5.96. The van der Waals surface area contributed by atoms with Gasteiger partial charge in [-0.2, -0.15) is 0 Å². The van der Waals surface area contributed by atoms with Crippen LogP contribution in [-0.2, 0) is 22.5 Å². The van der Waals surface area contributed by atoms with E-state index >= 15 is 0 Å². The van der Waals surface area contributed by atoms with E-state index in [-0.39, 0.29) is 12.0 Å². The lowest BCUT2D eigenvalue weighted by Gasteiger charge is -2.49. The van der Waals surface area contributed by atoms with Gasteiger partial charge in [0, 0.05) is 19.9 Å². The third-order valence-electron chi connectivity index (χ3n) is 5.46. The number of carbonyl (C=O) groups excluding carboxylic acids is 1. The van der Waals surface area contributed by atoms with Crippen LogP contribution in [0.15, 0.2) is 84.9 Å². The molecule has 28 heavy (non-hydrogen) atoms. The summed E-state index contributed by atoms with van der Waals surface area (Å²) in [5, 5.41) is 0. The quantitative estimate of drug-likeness (QED) is 0.597. The number of ether oxygens (including phenoxy) is 1. The second-order valence-electron chi connectivity index (χ2n) is 7.57. The highest BCUT2D eigenvalue weighted by Gasteiger charge is 2.45. The topological polar surface area (TPSA) is 29.5 Å². The number of fused-ring (bicyclic) bond motifs is 1.